The van der Waals surface area contributed by atoms with Crippen LogP contribution in [-0.2, 0) is 9.59 Å². The maximum atomic E-state index is 12.2. The van der Waals surface area contributed by atoms with Crippen LogP contribution in [0.3, 0.4) is 0 Å². The van der Waals surface area contributed by atoms with E-state index in [-0.39, 0.29) is 11.8 Å². The Morgan fingerprint density at radius 3 is 2.79 bits per heavy atom. The smallest absolute Gasteiger partial charge is 0.250 e. The molecule has 28 heavy (non-hydrogen) atoms. The van der Waals surface area contributed by atoms with Crippen LogP contribution in [0.5, 0.6) is 5.75 Å². The number of aromatic nitrogens is 1. The van der Waals surface area contributed by atoms with Crippen molar-refractivity contribution in [2.45, 2.75) is 12.8 Å². The zero-order valence-electron chi connectivity index (χ0n) is 15.3. The molecule has 3 aromatic rings. The van der Waals surface area contributed by atoms with E-state index in [1.54, 1.807) is 18.1 Å². The number of methoxy groups -OCH3 is 1. The Morgan fingerprint density at radius 2 is 2.07 bits per heavy atom. The Morgan fingerprint density at radius 1 is 1.25 bits per heavy atom. The summed E-state index contributed by atoms with van der Waals surface area (Å²) < 4.78 is 6.25. The lowest BCUT2D eigenvalue weighted by Crippen LogP contribution is -2.23. The number of para-hydroxylation sites is 1. The fraction of sp³-hybridized carbons (Fsp3) is 0.190. The molecule has 0 spiro atoms. The van der Waals surface area contributed by atoms with Crippen LogP contribution in [0.15, 0.2) is 48.5 Å². The van der Waals surface area contributed by atoms with Gasteiger partial charge >= 0.3 is 0 Å². The van der Waals surface area contributed by atoms with Crippen molar-refractivity contribution in [3.05, 3.63) is 54.1 Å². The van der Waals surface area contributed by atoms with E-state index in [0.29, 0.717) is 17.3 Å². The number of hydrogen-bond acceptors (Lipinski definition) is 5. The van der Waals surface area contributed by atoms with Crippen LogP contribution in [0.2, 0.25) is 0 Å². The number of nitrogens with one attached hydrogen (secondary N) is 1. The first-order valence-corrected chi connectivity index (χ1v) is 9.79. The van der Waals surface area contributed by atoms with Gasteiger partial charge in [0.05, 0.1) is 11.8 Å². The molecule has 1 saturated heterocycles. The fourth-order valence-electron chi connectivity index (χ4n) is 3.15. The van der Waals surface area contributed by atoms with Gasteiger partial charge in [-0.05, 0) is 42.3 Å². The zero-order chi connectivity index (χ0) is 19.5. The highest BCUT2D eigenvalue weighted by Crippen LogP contribution is 2.32. The highest BCUT2D eigenvalue weighted by molar-refractivity contribution is 7.22. The number of carbonyl (C=O) groups is 2. The van der Waals surface area contributed by atoms with Crippen LogP contribution in [0.1, 0.15) is 18.4 Å². The lowest BCUT2D eigenvalue weighted by molar-refractivity contribution is -0.117. The van der Waals surface area contributed by atoms with Gasteiger partial charge in [0.2, 0.25) is 11.8 Å². The number of carbonyl (C=O) groups excluding carboxylic acids is 2. The minimum absolute atomic E-state index is 0.162. The molecule has 1 aliphatic heterocycles. The number of nitrogens with zero attached hydrogens (tertiary/aromatic N) is 2. The van der Waals surface area contributed by atoms with Gasteiger partial charge in [-0.25, -0.2) is 4.98 Å². The first-order valence-electron chi connectivity index (χ1n) is 8.97. The Kier molecular flexibility index (Phi) is 5.08. The van der Waals surface area contributed by atoms with Crippen molar-refractivity contribution in [2.24, 2.45) is 0 Å². The molecule has 142 valence electrons. The summed E-state index contributed by atoms with van der Waals surface area (Å²) in [6.07, 6.45) is 4.72. The number of anilines is 2. The molecule has 2 amide bonds. The number of ether oxygens (including phenoxy) is 1. The molecule has 7 heteroatoms. The van der Waals surface area contributed by atoms with E-state index in [0.717, 1.165) is 34.4 Å². The monoisotopic (exact) mass is 393 g/mol. The maximum absolute atomic E-state index is 12.2. The van der Waals surface area contributed by atoms with Crippen molar-refractivity contribution in [3.8, 4) is 5.75 Å². The van der Waals surface area contributed by atoms with E-state index in [1.165, 1.54) is 17.4 Å². The Labute approximate surface area is 166 Å². The lowest BCUT2D eigenvalue weighted by Gasteiger charge is -2.15. The van der Waals surface area contributed by atoms with Gasteiger partial charge in [-0.2, -0.15) is 0 Å². The predicted octanol–water partition coefficient (Wildman–Crippen LogP) is 4.08. The largest absolute Gasteiger partial charge is 0.494 e. The maximum Gasteiger partial charge on any atom is 0.250 e. The van der Waals surface area contributed by atoms with E-state index in [2.05, 4.69) is 10.3 Å². The van der Waals surface area contributed by atoms with E-state index < -0.39 is 0 Å². The molecule has 0 radical (unpaired) electrons. The average Bonchev–Trinajstić information content (AvgIpc) is 3.32. The third-order valence-corrected chi connectivity index (χ3v) is 5.47. The molecule has 6 nitrogen and oxygen atoms in total. The molecule has 1 N–H and O–H groups in total. The molecule has 1 aliphatic rings. The van der Waals surface area contributed by atoms with Crippen LogP contribution < -0.4 is 15.0 Å². The summed E-state index contributed by atoms with van der Waals surface area (Å²) >= 11 is 1.40. The van der Waals surface area contributed by atoms with Gasteiger partial charge in [0, 0.05) is 24.7 Å². The number of benzene rings is 2. The quantitative estimate of drug-likeness (QED) is 0.663. The van der Waals surface area contributed by atoms with Gasteiger partial charge < -0.3 is 9.64 Å². The third-order valence-electron chi connectivity index (χ3n) is 4.54. The predicted molar refractivity (Wildman–Crippen MR) is 112 cm³/mol. The first kappa shape index (κ1) is 18.2. The number of amides is 2. The summed E-state index contributed by atoms with van der Waals surface area (Å²) in [7, 11) is 1.60. The second-order valence-corrected chi connectivity index (χ2v) is 7.42. The average molecular weight is 393 g/mol. The normalized spacial score (nSPS) is 14.2. The van der Waals surface area contributed by atoms with Crippen LogP contribution in [0.4, 0.5) is 10.8 Å². The number of hydrogen-bond donors (Lipinski definition) is 1. The van der Waals surface area contributed by atoms with Crippen LogP contribution in [-0.4, -0.2) is 30.5 Å². The van der Waals surface area contributed by atoms with Crippen molar-refractivity contribution in [1.29, 1.82) is 0 Å². The number of rotatable bonds is 5. The summed E-state index contributed by atoms with van der Waals surface area (Å²) in [5, 5.41) is 3.31. The highest BCUT2D eigenvalue weighted by Gasteiger charge is 2.21. The molecule has 0 bridgehead atoms. The molecule has 1 aromatic heterocycles. The molecule has 0 aliphatic carbocycles. The molecule has 4 rings (SSSR count). The number of fused-ring (bicyclic) bond motifs is 1. The van der Waals surface area contributed by atoms with Crippen LogP contribution >= 0.6 is 11.3 Å². The Bertz CT molecular complexity index is 1060. The van der Waals surface area contributed by atoms with Crippen LogP contribution in [0.25, 0.3) is 16.3 Å². The lowest BCUT2D eigenvalue weighted by atomic mass is 10.2. The summed E-state index contributed by atoms with van der Waals surface area (Å²) in [5.74, 6) is 0.591. The van der Waals surface area contributed by atoms with Crippen molar-refractivity contribution >= 4 is 50.3 Å². The topological polar surface area (TPSA) is 71.5 Å². The van der Waals surface area contributed by atoms with Gasteiger partial charge in [-0.1, -0.05) is 29.5 Å². The third kappa shape index (κ3) is 3.75. The van der Waals surface area contributed by atoms with Gasteiger partial charge in [0.1, 0.15) is 11.3 Å². The first-order chi connectivity index (χ1) is 13.6. The SMILES string of the molecule is COc1cccc2sc(NC(=O)/C=C/c3ccc(N4CCCC4=O)cc3)nc12. The molecule has 0 unspecified atom stereocenters. The molecule has 0 atom stereocenters. The van der Waals surface area contributed by atoms with E-state index in [1.807, 2.05) is 42.5 Å². The molecule has 2 heterocycles. The molecule has 1 fully saturated rings. The molecule has 0 saturated carbocycles. The fourth-order valence-corrected chi connectivity index (χ4v) is 4.03. The van der Waals surface area contributed by atoms with Crippen molar-refractivity contribution < 1.29 is 14.3 Å². The van der Waals surface area contributed by atoms with Crippen molar-refractivity contribution in [2.75, 3.05) is 23.9 Å². The highest BCUT2D eigenvalue weighted by atomic mass is 32.1. The molecular weight excluding hydrogens is 374 g/mol. The van der Waals surface area contributed by atoms with E-state index >= 15 is 0 Å². The zero-order valence-corrected chi connectivity index (χ0v) is 16.2. The second-order valence-electron chi connectivity index (χ2n) is 6.39. The summed E-state index contributed by atoms with van der Waals surface area (Å²) in [4.78, 5) is 30.2. The summed E-state index contributed by atoms with van der Waals surface area (Å²) in [5.41, 5.74) is 2.52. The minimum Gasteiger partial charge on any atom is -0.494 e. The van der Waals surface area contributed by atoms with Gasteiger partial charge in [-0.15, -0.1) is 0 Å². The van der Waals surface area contributed by atoms with E-state index in [9.17, 15) is 9.59 Å². The minimum atomic E-state index is -0.253. The van der Waals surface area contributed by atoms with E-state index in [4.69, 9.17) is 4.74 Å². The second kappa shape index (κ2) is 7.82. The van der Waals surface area contributed by atoms with Crippen molar-refractivity contribution in [1.82, 2.24) is 4.98 Å². The molecular formula is C21H19N3O3S. The molecule has 2 aromatic carbocycles. The van der Waals surface area contributed by atoms with Crippen molar-refractivity contribution in [3.63, 3.8) is 0 Å². The standard InChI is InChI=1S/C21H19N3O3S/c1-27-16-4-2-5-17-20(16)23-21(28-17)22-18(25)12-9-14-7-10-15(11-8-14)24-13-3-6-19(24)26/h2,4-5,7-12H,3,6,13H2,1H3,(H,22,23,25)/b12-9+. The van der Waals surface area contributed by atoms with Gasteiger partial charge in [-0.3, -0.25) is 14.9 Å². The van der Waals surface area contributed by atoms with Gasteiger partial charge in [0.15, 0.2) is 5.13 Å². The summed E-state index contributed by atoms with van der Waals surface area (Å²) in [6, 6.07) is 13.3. The Balaban J connectivity index is 1.42. The Hall–Kier alpha value is -3.19. The van der Waals surface area contributed by atoms with Gasteiger partial charge in [0.25, 0.3) is 0 Å². The van der Waals surface area contributed by atoms with Crippen LogP contribution in [0, 0.1) is 0 Å². The summed E-state index contributed by atoms with van der Waals surface area (Å²) in [6.45, 7) is 0.767. The number of thiazole rings is 1.